The molecule has 2 aliphatic rings. The highest BCUT2D eigenvalue weighted by atomic mass is 16.2. The molecule has 0 aromatic heterocycles. The van der Waals surface area contributed by atoms with Gasteiger partial charge in [-0.3, -0.25) is 9.59 Å². The minimum Gasteiger partial charge on any atom is -0.340 e. The SMILES string of the molecule is CCC1C(=O)NC(C)(C2CC2)C(=O)N1C(C)C. The molecule has 1 N–H and O–H groups in total. The van der Waals surface area contributed by atoms with Crippen molar-refractivity contribution in [2.75, 3.05) is 0 Å². The third-order valence-corrected chi connectivity index (χ3v) is 4.04. The Balaban J connectivity index is 2.32. The molecular weight excluding hydrogens is 216 g/mol. The first-order chi connectivity index (χ1) is 7.91. The van der Waals surface area contributed by atoms with Gasteiger partial charge >= 0.3 is 0 Å². The topological polar surface area (TPSA) is 49.4 Å². The van der Waals surface area contributed by atoms with Crippen LogP contribution in [0.25, 0.3) is 0 Å². The lowest BCUT2D eigenvalue weighted by atomic mass is 9.88. The van der Waals surface area contributed by atoms with E-state index in [1.807, 2.05) is 27.7 Å². The van der Waals surface area contributed by atoms with E-state index in [1.165, 1.54) is 0 Å². The average Bonchev–Trinajstić information content (AvgIpc) is 3.06. The maximum atomic E-state index is 12.6. The quantitative estimate of drug-likeness (QED) is 0.805. The fourth-order valence-corrected chi connectivity index (χ4v) is 2.84. The lowest BCUT2D eigenvalue weighted by Crippen LogP contribution is -2.71. The van der Waals surface area contributed by atoms with Crippen LogP contribution in [0, 0.1) is 5.92 Å². The first kappa shape index (κ1) is 12.4. The summed E-state index contributed by atoms with van der Waals surface area (Å²) in [4.78, 5) is 26.5. The largest absolute Gasteiger partial charge is 0.340 e. The van der Waals surface area contributed by atoms with Crippen molar-refractivity contribution in [1.29, 1.82) is 0 Å². The Labute approximate surface area is 103 Å². The smallest absolute Gasteiger partial charge is 0.249 e. The molecule has 0 spiro atoms. The molecule has 1 aliphatic carbocycles. The molecular formula is C13H22N2O2. The fraction of sp³-hybridized carbons (Fsp3) is 0.846. The number of hydrogen-bond acceptors (Lipinski definition) is 2. The van der Waals surface area contributed by atoms with Crippen molar-refractivity contribution in [1.82, 2.24) is 10.2 Å². The van der Waals surface area contributed by atoms with Crippen molar-refractivity contribution in [3.63, 3.8) is 0 Å². The molecule has 0 aromatic rings. The molecule has 0 aromatic carbocycles. The van der Waals surface area contributed by atoms with Gasteiger partial charge in [0.15, 0.2) is 0 Å². The normalized spacial score (nSPS) is 34.2. The van der Waals surface area contributed by atoms with Crippen molar-refractivity contribution in [2.24, 2.45) is 5.92 Å². The summed E-state index contributed by atoms with van der Waals surface area (Å²) in [5.74, 6) is 0.439. The molecule has 4 heteroatoms. The number of carbonyl (C=O) groups is 2. The van der Waals surface area contributed by atoms with Crippen LogP contribution in [0.2, 0.25) is 0 Å². The van der Waals surface area contributed by atoms with Gasteiger partial charge in [0.2, 0.25) is 11.8 Å². The van der Waals surface area contributed by atoms with Gasteiger partial charge < -0.3 is 10.2 Å². The summed E-state index contributed by atoms with van der Waals surface area (Å²) in [5, 5.41) is 2.96. The molecule has 1 aliphatic heterocycles. The highest BCUT2D eigenvalue weighted by molar-refractivity contribution is 6.00. The molecule has 1 saturated carbocycles. The van der Waals surface area contributed by atoms with E-state index < -0.39 is 5.54 Å². The summed E-state index contributed by atoms with van der Waals surface area (Å²) in [6.07, 6.45) is 2.77. The van der Waals surface area contributed by atoms with Crippen molar-refractivity contribution in [2.45, 2.75) is 64.6 Å². The monoisotopic (exact) mass is 238 g/mol. The zero-order valence-electron chi connectivity index (χ0n) is 11.1. The van der Waals surface area contributed by atoms with Gasteiger partial charge in [-0.05, 0) is 46.0 Å². The highest BCUT2D eigenvalue weighted by Crippen LogP contribution is 2.42. The number of amides is 2. The number of piperazine rings is 1. The standard InChI is InChI=1S/C13H22N2O2/c1-5-10-11(16)14-13(4,9-6-7-9)12(17)15(10)8(2)3/h8-10H,5-7H2,1-4H3,(H,14,16). The van der Waals surface area contributed by atoms with E-state index >= 15 is 0 Å². The van der Waals surface area contributed by atoms with E-state index in [9.17, 15) is 9.59 Å². The molecule has 1 saturated heterocycles. The molecule has 4 nitrogen and oxygen atoms in total. The van der Waals surface area contributed by atoms with Crippen LogP contribution < -0.4 is 5.32 Å². The average molecular weight is 238 g/mol. The second-order valence-corrected chi connectivity index (χ2v) is 5.70. The van der Waals surface area contributed by atoms with Gasteiger partial charge in [0, 0.05) is 6.04 Å². The van der Waals surface area contributed by atoms with Crippen LogP contribution in [0.15, 0.2) is 0 Å². The Morgan fingerprint density at radius 3 is 2.41 bits per heavy atom. The molecule has 17 heavy (non-hydrogen) atoms. The van der Waals surface area contributed by atoms with Crippen molar-refractivity contribution < 1.29 is 9.59 Å². The maximum Gasteiger partial charge on any atom is 0.249 e. The molecule has 2 rings (SSSR count). The van der Waals surface area contributed by atoms with Crippen LogP contribution in [0.5, 0.6) is 0 Å². The van der Waals surface area contributed by atoms with E-state index in [1.54, 1.807) is 4.90 Å². The van der Waals surface area contributed by atoms with Crippen LogP contribution >= 0.6 is 0 Å². The van der Waals surface area contributed by atoms with Crippen molar-refractivity contribution in [3.8, 4) is 0 Å². The fourth-order valence-electron chi connectivity index (χ4n) is 2.84. The minimum atomic E-state index is -0.660. The van der Waals surface area contributed by atoms with Crippen molar-refractivity contribution >= 4 is 11.8 Å². The van der Waals surface area contributed by atoms with E-state index in [2.05, 4.69) is 5.32 Å². The first-order valence-electron chi connectivity index (χ1n) is 6.56. The Morgan fingerprint density at radius 1 is 1.41 bits per heavy atom. The number of rotatable bonds is 3. The van der Waals surface area contributed by atoms with Gasteiger partial charge in [-0.25, -0.2) is 0 Å². The Kier molecular flexibility index (Phi) is 2.92. The lowest BCUT2D eigenvalue weighted by Gasteiger charge is -2.46. The zero-order chi connectivity index (χ0) is 12.8. The Hall–Kier alpha value is -1.06. The van der Waals surface area contributed by atoms with Crippen molar-refractivity contribution in [3.05, 3.63) is 0 Å². The van der Waals surface area contributed by atoms with Crippen LogP contribution in [-0.2, 0) is 9.59 Å². The highest BCUT2D eigenvalue weighted by Gasteiger charge is 2.55. The number of nitrogens with one attached hydrogen (secondary N) is 1. The molecule has 1 heterocycles. The summed E-state index contributed by atoms with van der Waals surface area (Å²) in [6.45, 7) is 7.79. The predicted octanol–water partition coefficient (Wildman–Crippen LogP) is 1.30. The van der Waals surface area contributed by atoms with Crippen LogP contribution in [0.4, 0.5) is 0 Å². The van der Waals surface area contributed by atoms with Gasteiger partial charge in [-0.15, -0.1) is 0 Å². The van der Waals surface area contributed by atoms with Crippen LogP contribution in [-0.4, -0.2) is 34.3 Å². The summed E-state index contributed by atoms with van der Waals surface area (Å²) >= 11 is 0. The number of nitrogens with zero attached hydrogens (tertiary/aromatic N) is 1. The summed E-state index contributed by atoms with van der Waals surface area (Å²) < 4.78 is 0. The van der Waals surface area contributed by atoms with Gasteiger partial charge in [0.25, 0.3) is 0 Å². The molecule has 2 fully saturated rings. The lowest BCUT2D eigenvalue weighted by molar-refractivity contribution is -0.157. The van der Waals surface area contributed by atoms with E-state index in [0.29, 0.717) is 12.3 Å². The molecule has 2 amide bonds. The molecule has 96 valence electrons. The van der Waals surface area contributed by atoms with E-state index in [4.69, 9.17) is 0 Å². The zero-order valence-corrected chi connectivity index (χ0v) is 11.1. The van der Waals surface area contributed by atoms with Gasteiger partial charge in [-0.1, -0.05) is 6.92 Å². The first-order valence-corrected chi connectivity index (χ1v) is 6.56. The maximum absolute atomic E-state index is 12.6. The molecule has 2 atom stereocenters. The minimum absolute atomic E-state index is 0.00944. The van der Waals surface area contributed by atoms with Gasteiger partial charge in [0.05, 0.1) is 0 Å². The third kappa shape index (κ3) is 1.83. The number of hydrogen-bond donors (Lipinski definition) is 1. The molecule has 0 radical (unpaired) electrons. The molecule has 2 unspecified atom stereocenters. The summed E-state index contributed by atoms with van der Waals surface area (Å²) in [5.41, 5.74) is -0.660. The summed E-state index contributed by atoms with van der Waals surface area (Å²) in [7, 11) is 0. The molecule has 0 bridgehead atoms. The predicted molar refractivity (Wildman–Crippen MR) is 65.3 cm³/mol. The summed E-state index contributed by atoms with van der Waals surface area (Å²) in [6, 6.07) is -0.217. The van der Waals surface area contributed by atoms with E-state index in [0.717, 1.165) is 12.8 Å². The van der Waals surface area contributed by atoms with Crippen LogP contribution in [0.3, 0.4) is 0 Å². The van der Waals surface area contributed by atoms with Crippen LogP contribution in [0.1, 0.15) is 47.0 Å². The Morgan fingerprint density at radius 2 is 2.00 bits per heavy atom. The third-order valence-electron chi connectivity index (χ3n) is 4.04. The Bertz CT molecular complexity index is 349. The van der Waals surface area contributed by atoms with Gasteiger partial charge in [0.1, 0.15) is 11.6 Å². The van der Waals surface area contributed by atoms with E-state index in [-0.39, 0.29) is 23.9 Å². The van der Waals surface area contributed by atoms with Gasteiger partial charge in [-0.2, -0.15) is 0 Å². The second kappa shape index (κ2) is 4.00. The number of carbonyl (C=O) groups excluding carboxylic acids is 2. The second-order valence-electron chi connectivity index (χ2n) is 5.70.